The number of hydrogen-bond donors (Lipinski definition) is 2. The Morgan fingerprint density at radius 3 is 2.93 bits per heavy atom. The SMILES string of the molecule is CN=C(NCc1ccnc(N(C)C)c1)NC1CCN(c2ncccc2F)C1. The number of anilines is 2. The van der Waals surface area contributed by atoms with Gasteiger partial charge in [0.2, 0.25) is 0 Å². The molecule has 3 heterocycles. The monoisotopic (exact) mass is 371 g/mol. The highest BCUT2D eigenvalue weighted by Crippen LogP contribution is 2.20. The maximum absolute atomic E-state index is 13.9. The maximum atomic E-state index is 13.9. The normalized spacial score (nSPS) is 17.1. The third-order valence-corrected chi connectivity index (χ3v) is 4.52. The van der Waals surface area contributed by atoms with Crippen molar-refractivity contribution >= 4 is 17.6 Å². The van der Waals surface area contributed by atoms with Gasteiger partial charge in [-0.1, -0.05) is 0 Å². The zero-order valence-corrected chi connectivity index (χ0v) is 16.0. The van der Waals surface area contributed by atoms with E-state index in [9.17, 15) is 4.39 Å². The van der Waals surface area contributed by atoms with E-state index < -0.39 is 0 Å². The Hall–Kier alpha value is -2.90. The minimum absolute atomic E-state index is 0.187. The van der Waals surface area contributed by atoms with E-state index >= 15 is 0 Å². The van der Waals surface area contributed by atoms with Crippen LogP contribution in [0.1, 0.15) is 12.0 Å². The fraction of sp³-hybridized carbons (Fsp3) is 0.421. The number of pyridine rings is 2. The van der Waals surface area contributed by atoms with Crippen LogP contribution in [-0.2, 0) is 6.54 Å². The number of guanidine groups is 1. The molecule has 3 rings (SSSR count). The summed E-state index contributed by atoms with van der Waals surface area (Å²) < 4.78 is 13.9. The van der Waals surface area contributed by atoms with Gasteiger partial charge in [-0.3, -0.25) is 4.99 Å². The second-order valence-corrected chi connectivity index (χ2v) is 6.73. The highest BCUT2D eigenvalue weighted by Gasteiger charge is 2.25. The van der Waals surface area contributed by atoms with Crippen LogP contribution in [0.15, 0.2) is 41.7 Å². The molecule has 0 aromatic carbocycles. The Morgan fingerprint density at radius 1 is 1.33 bits per heavy atom. The first-order valence-electron chi connectivity index (χ1n) is 9.01. The second kappa shape index (κ2) is 8.66. The Balaban J connectivity index is 1.54. The van der Waals surface area contributed by atoms with E-state index in [4.69, 9.17) is 0 Å². The molecule has 2 aromatic rings. The summed E-state index contributed by atoms with van der Waals surface area (Å²) >= 11 is 0. The van der Waals surface area contributed by atoms with Crippen LogP contribution in [0.5, 0.6) is 0 Å². The summed E-state index contributed by atoms with van der Waals surface area (Å²) in [6, 6.07) is 7.26. The van der Waals surface area contributed by atoms with Crippen molar-refractivity contribution in [2.75, 3.05) is 44.0 Å². The molecule has 8 heteroatoms. The van der Waals surface area contributed by atoms with Gasteiger partial charge in [-0.2, -0.15) is 0 Å². The van der Waals surface area contributed by atoms with Crippen molar-refractivity contribution in [1.82, 2.24) is 20.6 Å². The third-order valence-electron chi connectivity index (χ3n) is 4.52. The first kappa shape index (κ1) is 18.9. The quantitative estimate of drug-likeness (QED) is 0.615. The number of rotatable bonds is 5. The Labute approximate surface area is 159 Å². The molecule has 1 aliphatic rings. The molecule has 1 fully saturated rings. The van der Waals surface area contributed by atoms with Crippen molar-refractivity contribution in [1.29, 1.82) is 0 Å². The molecule has 1 unspecified atom stereocenters. The molecule has 1 saturated heterocycles. The van der Waals surface area contributed by atoms with Crippen LogP contribution >= 0.6 is 0 Å². The average Bonchev–Trinajstić information content (AvgIpc) is 3.14. The van der Waals surface area contributed by atoms with Gasteiger partial charge in [0.05, 0.1) is 0 Å². The van der Waals surface area contributed by atoms with Crippen molar-refractivity contribution in [2.24, 2.45) is 4.99 Å². The fourth-order valence-electron chi connectivity index (χ4n) is 3.07. The minimum Gasteiger partial charge on any atom is -0.363 e. The van der Waals surface area contributed by atoms with Gasteiger partial charge in [0.25, 0.3) is 0 Å². The summed E-state index contributed by atoms with van der Waals surface area (Å²) in [6.07, 6.45) is 4.33. The van der Waals surface area contributed by atoms with Crippen LogP contribution in [0.3, 0.4) is 0 Å². The number of aliphatic imine (C=N–C) groups is 1. The van der Waals surface area contributed by atoms with Crippen molar-refractivity contribution in [3.8, 4) is 0 Å². The molecule has 0 bridgehead atoms. The Bertz CT molecular complexity index is 793. The van der Waals surface area contributed by atoms with Crippen molar-refractivity contribution in [3.05, 3.63) is 48.0 Å². The standard InChI is InChI=1S/C19H26FN7/c1-21-19(24-12-14-6-9-22-17(11-14)26(2)3)25-15-7-10-27(13-15)18-16(20)5-4-8-23-18/h4-6,8-9,11,15H,7,10,12-13H2,1-3H3,(H2,21,24,25). The number of halogens is 1. The highest BCUT2D eigenvalue weighted by atomic mass is 19.1. The molecule has 27 heavy (non-hydrogen) atoms. The second-order valence-electron chi connectivity index (χ2n) is 6.73. The summed E-state index contributed by atoms with van der Waals surface area (Å²) in [7, 11) is 5.69. The minimum atomic E-state index is -0.282. The van der Waals surface area contributed by atoms with E-state index in [1.54, 1.807) is 25.5 Å². The molecular weight excluding hydrogens is 345 g/mol. The van der Waals surface area contributed by atoms with Gasteiger partial charge in [0, 0.05) is 59.2 Å². The van der Waals surface area contributed by atoms with Crippen molar-refractivity contribution in [2.45, 2.75) is 19.0 Å². The highest BCUT2D eigenvalue weighted by molar-refractivity contribution is 5.80. The van der Waals surface area contributed by atoms with Crippen molar-refractivity contribution in [3.63, 3.8) is 0 Å². The molecule has 0 radical (unpaired) electrons. The number of hydrogen-bond acceptors (Lipinski definition) is 5. The molecular formula is C19H26FN7. The van der Waals surface area contributed by atoms with Gasteiger partial charge in [0.15, 0.2) is 17.6 Å². The molecule has 1 atom stereocenters. The van der Waals surface area contributed by atoms with Gasteiger partial charge in [-0.25, -0.2) is 14.4 Å². The van der Waals surface area contributed by atoms with Gasteiger partial charge in [-0.15, -0.1) is 0 Å². The van der Waals surface area contributed by atoms with Crippen LogP contribution in [0, 0.1) is 5.82 Å². The van der Waals surface area contributed by atoms with Crippen LogP contribution in [0.2, 0.25) is 0 Å². The van der Waals surface area contributed by atoms with Gasteiger partial charge in [0.1, 0.15) is 5.82 Å². The summed E-state index contributed by atoms with van der Waals surface area (Å²) in [6.45, 7) is 2.10. The lowest BCUT2D eigenvalue weighted by atomic mass is 10.2. The predicted molar refractivity (Wildman–Crippen MR) is 107 cm³/mol. The van der Waals surface area contributed by atoms with Crippen LogP contribution in [0.25, 0.3) is 0 Å². The van der Waals surface area contributed by atoms with Gasteiger partial charge < -0.3 is 20.4 Å². The fourth-order valence-corrected chi connectivity index (χ4v) is 3.07. The topological polar surface area (TPSA) is 68.7 Å². The molecule has 1 aliphatic heterocycles. The lowest BCUT2D eigenvalue weighted by Crippen LogP contribution is -2.44. The Morgan fingerprint density at radius 2 is 2.19 bits per heavy atom. The van der Waals surface area contributed by atoms with E-state index in [2.05, 4.69) is 25.6 Å². The molecule has 0 spiro atoms. The zero-order valence-electron chi connectivity index (χ0n) is 16.0. The van der Waals surface area contributed by atoms with Gasteiger partial charge in [-0.05, 0) is 36.2 Å². The Kier molecular flexibility index (Phi) is 6.05. The summed E-state index contributed by atoms with van der Waals surface area (Å²) in [5.41, 5.74) is 1.13. The van der Waals surface area contributed by atoms with E-state index in [1.165, 1.54) is 6.07 Å². The molecule has 144 valence electrons. The van der Waals surface area contributed by atoms with Crippen LogP contribution < -0.4 is 20.4 Å². The molecule has 7 nitrogen and oxygen atoms in total. The van der Waals surface area contributed by atoms with Crippen molar-refractivity contribution < 1.29 is 4.39 Å². The number of nitrogens with one attached hydrogen (secondary N) is 2. The van der Waals surface area contributed by atoms with E-state index in [-0.39, 0.29) is 11.9 Å². The zero-order chi connectivity index (χ0) is 19.2. The smallest absolute Gasteiger partial charge is 0.191 e. The first-order valence-corrected chi connectivity index (χ1v) is 9.01. The third kappa shape index (κ3) is 4.84. The van der Waals surface area contributed by atoms with Gasteiger partial charge >= 0.3 is 0 Å². The lowest BCUT2D eigenvalue weighted by molar-refractivity contribution is 0.612. The van der Waals surface area contributed by atoms with E-state index in [0.29, 0.717) is 18.9 Å². The van der Waals surface area contributed by atoms with E-state index in [0.717, 1.165) is 30.3 Å². The summed E-state index contributed by atoms with van der Waals surface area (Å²) in [4.78, 5) is 16.7. The average molecular weight is 371 g/mol. The van der Waals surface area contributed by atoms with E-state index in [1.807, 2.05) is 36.0 Å². The number of aromatic nitrogens is 2. The maximum Gasteiger partial charge on any atom is 0.191 e. The summed E-state index contributed by atoms with van der Waals surface area (Å²) in [5, 5.41) is 6.74. The van der Waals surface area contributed by atoms with Crippen LogP contribution in [-0.4, -0.2) is 56.2 Å². The van der Waals surface area contributed by atoms with Crippen LogP contribution in [0.4, 0.5) is 16.0 Å². The predicted octanol–water partition coefficient (Wildman–Crippen LogP) is 1.63. The molecule has 0 aliphatic carbocycles. The molecule has 0 saturated carbocycles. The number of nitrogens with zero attached hydrogens (tertiary/aromatic N) is 5. The molecule has 0 amide bonds. The summed E-state index contributed by atoms with van der Waals surface area (Å²) in [5.74, 6) is 1.78. The largest absolute Gasteiger partial charge is 0.363 e. The first-order chi connectivity index (χ1) is 13.1. The lowest BCUT2D eigenvalue weighted by Gasteiger charge is -2.20. The molecule has 2 aromatic heterocycles. The molecule has 2 N–H and O–H groups in total.